The smallest absolute Gasteiger partial charge is 0.271 e. The molecule has 0 aliphatic heterocycles. The van der Waals surface area contributed by atoms with E-state index in [1.807, 2.05) is 0 Å². The summed E-state index contributed by atoms with van der Waals surface area (Å²) in [6.07, 6.45) is 4.52. The molecule has 148 valence electrons. The Kier molecular flexibility index (Phi) is 6.76. The highest BCUT2D eigenvalue weighted by Crippen LogP contribution is 2.29. The van der Waals surface area contributed by atoms with Crippen molar-refractivity contribution < 1.29 is 18.7 Å². The highest BCUT2D eigenvalue weighted by Gasteiger charge is 2.11. The highest BCUT2D eigenvalue weighted by molar-refractivity contribution is 6.31. The first-order valence-electron chi connectivity index (χ1n) is 8.55. The van der Waals surface area contributed by atoms with Gasteiger partial charge in [-0.3, -0.25) is 9.78 Å². The molecule has 0 aliphatic rings. The van der Waals surface area contributed by atoms with Gasteiger partial charge in [-0.2, -0.15) is 5.10 Å². The molecular formula is C21H17ClFN3O3. The molecule has 0 aliphatic carbocycles. The molecule has 1 amide bonds. The van der Waals surface area contributed by atoms with Crippen LogP contribution >= 0.6 is 11.6 Å². The number of hydrogen-bond donors (Lipinski definition) is 1. The van der Waals surface area contributed by atoms with Crippen LogP contribution in [0.4, 0.5) is 4.39 Å². The van der Waals surface area contributed by atoms with Gasteiger partial charge in [-0.25, -0.2) is 9.82 Å². The molecule has 29 heavy (non-hydrogen) atoms. The molecule has 1 heterocycles. The van der Waals surface area contributed by atoms with E-state index in [1.54, 1.807) is 36.4 Å². The van der Waals surface area contributed by atoms with Gasteiger partial charge in [0.15, 0.2) is 11.5 Å². The van der Waals surface area contributed by atoms with E-state index in [-0.39, 0.29) is 23.1 Å². The number of halogens is 2. The molecule has 0 radical (unpaired) electrons. The Morgan fingerprint density at radius 2 is 2.00 bits per heavy atom. The lowest BCUT2D eigenvalue weighted by atomic mass is 10.2. The van der Waals surface area contributed by atoms with Gasteiger partial charge >= 0.3 is 0 Å². The third-order valence-electron chi connectivity index (χ3n) is 3.94. The Labute approximate surface area is 171 Å². The number of rotatable bonds is 7. The molecular weight excluding hydrogens is 397 g/mol. The van der Waals surface area contributed by atoms with Crippen molar-refractivity contribution in [3.63, 3.8) is 0 Å². The fourth-order valence-electron chi connectivity index (χ4n) is 2.44. The molecule has 0 fully saturated rings. The maximum Gasteiger partial charge on any atom is 0.271 e. The number of carbonyl (C=O) groups is 1. The van der Waals surface area contributed by atoms with E-state index in [1.165, 1.54) is 37.9 Å². The molecule has 8 heteroatoms. The Morgan fingerprint density at radius 3 is 2.72 bits per heavy atom. The van der Waals surface area contributed by atoms with Gasteiger partial charge in [0, 0.05) is 23.5 Å². The molecule has 3 rings (SSSR count). The van der Waals surface area contributed by atoms with Crippen molar-refractivity contribution in [3.05, 3.63) is 88.5 Å². The Hall–Kier alpha value is -3.45. The minimum Gasteiger partial charge on any atom is -0.493 e. The van der Waals surface area contributed by atoms with Gasteiger partial charge in [-0.05, 0) is 48.0 Å². The zero-order valence-electron chi connectivity index (χ0n) is 15.4. The Balaban J connectivity index is 1.66. The second-order valence-electron chi connectivity index (χ2n) is 5.83. The summed E-state index contributed by atoms with van der Waals surface area (Å²) in [6.45, 7) is -0.0444. The topological polar surface area (TPSA) is 72.8 Å². The molecule has 0 saturated heterocycles. The Bertz CT molecular complexity index is 1010. The minimum absolute atomic E-state index is 0.0444. The van der Waals surface area contributed by atoms with E-state index in [4.69, 9.17) is 21.1 Å². The van der Waals surface area contributed by atoms with Gasteiger partial charge in [0.05, 0.1) is 18.3 Å². The van der Waals surface area contributed by atoms with Crippen LogP contribution < -0.4 is 14.9 Å². The van der Waals surface area contributed by atoms with Crippen LogP contribution in [-0.2, 0) is 6.61 Å². The van der Waals surface area contributed by atoms with Crippen molar-refractivity contribution in [1.82, 2.24) is 10.4 Å². The predicted molar refractivity (Wildman–Crippen MR) is 108 cm³/mol. The van der Waals surface area contributed by atoms with Crippen LogP contribution in [-0.4, -0.2) is 24.2 Å². The van der Waals surface area contributed by atoms with Crippen LogP contribution in [0.3, 0.4) is 0 Å². The van der Waals surface area contributed by atoms with E-state index in [9.17, 15) is 9.18 Å². The number of hydrogen-bond acceptors (Lipinski definition) is 5. The molecule has 6 nitrogen and oxygen atoms in total. The lowest BCUT2D eigenvalue weighted by Crippen LogP contribution is -2.17. The Morgan fingerprint density at radius 1 is 1.21 bits per heavy atom. The van der Waals surface area contributed by atoms with Crippen molar-refractivity contribution in [3.8, 4) is 11.5 Å². The fourth-order valence-corrected chi connectivity index (χ4v) is 2.65. The van der Waals surface area contributed by atoms with Gasteiger partial charge in [-0.1, -0.05) is 17.7 Å². The molecule has 0 atom stereocenters. The van der Waals surface area contributed by atoms with Crippen LogP contribution in [0.5, 0.6) is 11.5 Å². The molecule has 0 bridgehead atoms. The number of nitrogens with one attached hydrogen (secondary N) is 1. The van der Waals surface area contributed by atoms with Gasteiger partial charge in [0.25, 0.3) is 5.91 Å². The quantitative estimate of drug-likeness (QED) is 0.465. The summed E-state index contributed by atoms with van der Waals surface area (Å²) in [5, 5.41) is 4.22. The van der Waals surface area contributed by atoms with E-state index in [0.29, 0.717) is 22.6 Å². The number of hydrazone groups is 1. The number of amides is 1. The number of aromatic nitrogens is 1. The third-order valence-corrected chi connectivity index (χ3v) is 4.30. The number of pyridine rings is 1. The van der Waals surface area contributed by atoms with Crippen molar-refractivity contribution in [2.75, 3.05) is 7.11 Å². The molecule has 0 saturated carbocycles. The summed E-state index contributed by atoms with van der Waals surface area (Å²) in [4.78, 5) is 15.8. The molecule has 3 aromatic rings. The first kappa shape index (κ1) is 20.3. The molecule has 1 N–H and O–H groups in total. The SMILES string of the molecule is COc1cc(/C=N\NC(=O)c2ccncc2)ccc1OCc1c(F)cccc1Cl. The van der Waals surface area contributed by atoms with Crippen LogP contribution in [0.15, 0.2) is 66.0 Å². The maximum absolute atomic E-state index is 13.9. The average Bonchev–Trinajstić information content (AvgIpc) is 2.74. The van der Waals surface area contributed by atoms with Crippen LogP contribution in [0.2, 0.25) is 5.02 Å². The van der Waals surface area contributed by atoms with Crippen LogP contribution in [0.1, 0.15) is 21.5 Å². The second-order valence-corrected chi connectivity index (χ2v) is 6.24. The molecule has 0 spiro atoms. The van der Waals surface area contributed by atoms with Crippen molar-refractivity contribution in [2.45, 2.75) is 6.61 Å². The van der Waals surface area contributed by atoms with Crippen LogP contribution in [0.25, 0.3) is 0 Å². The number of ether oxygens (including phenoxy) is 2. The number of carbonyl (C=O) groups excluding carboxylic acids is 1. The first-order chi connectivity index (χ1) is 14.1. The van der Waals surface area contributed by atoms with E-state index in [2.05, 4.69) is 15.5 Å². The largest absolute Gasteiger partial charge is 0.493 e. The maximum atomic E-state index is 13.9. The van der Waals surface area contributed by atoms with Gasteiger partial charge in [0.2, 0.25) is 0 Å². The third kappa shape index (κ3) is 5.30. The van der Waals surface area contributed by atoms with Crippen molar-refractivity contribution in [1.29, 1.82) is 0 Å². The summed E-state index contributed by atoms with van der Waals surface area (Å²) in [5.74, 6) is 0.0640. The van der Waals surface area contributed by atoms with Gasteiger partial charge in [0.1, 0.15) is 12.4 Å². The summed E-state index contributed by atoms with van der Waals surface area (Å²) >= 11 is 6.02. The van der Waals surface area contributed by atoms with Gasteiger partial charge < -0.3 is 9.47 Å². The molecule has 1 aromatic heterocycles. The number of methoxy groups -OCH3 is 1. The fraction of sp³-hybridized carbons (Fsp3) is 0.0952. The zero-order chi connectivity index (χ0) is 20.6. The lowest BCUT2D eigenvalue weighted by molar-refractivity contribution is 0.0955. The normalized spacial score (nSPS) is 10.7. The number of nitrogens with zero attached hydrogens (tertiary/aromatic N) is 2. The predicted octanol–water partition coefficient (Wildman–Crippen LogP) is 4.23. The monoisotopic (exact) mass is 413 g/mol. The lowest BCUT2D eigenvalue weighted by Gasteiger charge is -2.12. The highest BCUT2D eigenvalue weighted by atomic mass is 35.5. The summed E-state index contributed by atoms with van der Waals surface area (Å²) in [6, 6.07) is 12.7. The van der Waals surface area contributed by atoms with E-state index < -0.39 is 5.82 Å². The number of benzene rings is 2. The van der Waals surface area contributed by atoms with Crippen molar-refractivity contribution in [2.24, 2.45) is 5.10 Å². The standard InChI is InChI=1S/C21H17ClFN3O3/c1-28-20-11-14(12-25-26-21(27)15-7-9-24-10-8-15)5-6-19(20)29-13-16-17(22)3-2-4-18(16)23/h2-12H,13H2,1H3,(H,26,27)/b25-12-. The summed E-state index contributed by atoms with van der Waals surface area (Å²) in [5.41, 5.74) is 3.82. The average molecular weight is 414 g/mol. The van der Waals surface area contributed by atoms with Crippen molar-refractivity contribution >= 4 is 23.7 Å². The van der Waals surface area contributed by atoms with E-state index in [0.717, 1.165) is 0 Å². The van der Waals surface area contributed by atoms with Crippen LogP contribution in [0, 0.1) is 5.82 Å². The second kappa shape index (κ2) is 9.66. The van der Waals surface area contributed by atoms with Gasteiger partial charge in [-0.15, -0.1) is 0 Å². The first-order valence-corrected chi connectivity index (χ1v) is 8.93. The molecule has 2 aromatic carbocycles. The minimum atomic E-state index is -0.440. The summed E-state index contributed by atoms with van der Waals surface area (Å²) < 4.78 is 24.9. The summed E-state index contributed by atoms with van der Waals surface area (Å²) in [7, 11) is 1.49. The molecule has 0 unspecified atom stereocenters. The zero-order valence-corrected chi connectivity index (χ0v) is 16.2. The van der Waals surface area contributed by atoms with E-state index >= 15 is 0 Å².